The van der Waals surface area contributed by atoms with Gasteiger partial charge in [-0.05, 0) is 37.3 Å². The lowest BCUT2D eigenvalue weighted by atomic mass is 10.0. The molecular formula is C15H21NO2. The first-order valence-corrected chi connectivity index (χ1v) is 6.71. The lowest BCUT2D eigenvalue weighted by Gasteiger charge is -2.21. The minimum Gasteiger partial charge on any atom is -0.478 e. The predicted octanol–water partition coefficient (Wildman–Crippen LogP) is 3.68. The van der Waals surface area contributed by atoms with Gasteiger partial charge in [0.25, 0.3) is 0 Å². The van der Waals surface area contributed by atoms with E-state index in [0.29, 0.717) is 11.6 Å². The minimum absolute atomic E-state index is 0.379. The highest BCUT2D eigenvalue weighted by molar-refractivity contribution is 5.95. The number of anilines is 1. The van der Waals surface area contributed by atoms with Crippen molar-refractivity contribution < 1.29 is 9.90 Å². The summed E-state index contributed by atoms with van der Waals surface area (Å²) in [6.07, 6.45) is 4.85. The van der Waals surface area contributed by atoms with Crippen molar-refractivity contribution in [3.05, 3.63) is 29.3 Å². The molecule has 1 saturated carbocycles. The summed E-state index contributed by atoms with van der Waals surface area (Å²) in [4.78, 5) is 11.2. The Balaban J connectivity index is 2.17. The van der Waals surface area contributed by atoms with Gasteiger partial charge in [0.05, 0.1) is 11.3 Å². The number of carboxylic acids is 1. The van der Waals surface area contributed by atoms with Crippen LogP contribution in [-0.4, -0.2) is 17.1 Å². The van der Waals surface area contributed by atoms with Gasteiger partial charge in [-0.1, -0.05) is 31.9 Å². The molecular weight excluding hydrogens is 226 g/mol. The third kappa shape index (κ3) is 3.03. The maximum Gasteiger partial charge on any atom is 0.337 e. The number of para-hydroxylation sites is 1. The van der Waals surface area contributed by atoms with E-state index >= 15 is 0 Å². The van der Waals surface area contributed by atoms with Crippen molar-refractivity contribution in [2.24, 2.45) is 5.92 Å². The molecule has 18 heavy (non-hydrogen) atoms. The first-order valence-electron chi connectivity index (χ1n) is 6.71. The zero-order valence-corrected chi connectivity index (χ0v) is 11.1. The lowest BCUT2D eigenvalue weighted by molar-refractivity contribution is 0.0698. The molecule has 0 aromatic heterocycles. The molecule has 0 spiro atoms. The molecule has 0 amide bonds. The fourth-order valence-electron chi connectivity index (χ4n) is 2.33. The van der Waals surface area contributed by atoms with Crippen LogP contribution in [0.5, 0.6) is 0 Å². The second-order valence-electron chi connectivity index (χ2n) is 5.23. The van der Waals surface area contributed by atoms with Crippen molar-refractivity contribution in [3.8, 4) is 0 Å². The molecule has 0 heterocycles. The third-order valence-electron chi connectivity index (χ3n) is 3.66. The summed E-state index contributed by atoms with van der Waals surface area (Å²) in [6, 6.07) is 5.81. The monoisotopic (exact) mass is 247 g/mol. The van der Waals surface area contributed by atoms with Gasteiger partial charge >= 0.3 is 5.97 Å². The Bertz CT molecular complexity index is 438. The molecule has 2 N–H and O–H groups in total. The summed E-state index contributed by atoms with van der Waals surface area (Å²) in [7, 11) is 0. The van der Waals surface area contributed by atoms with Crippen LogP contribution in [0.3, 0.4) is 0 Å². The first kappa shape index (κ1) is 12.9. The van der Waals surface area contributed by atoms with Crippen LogP contribution in [-0.2, 0) is 0 Å². The fraction of sp³-hybridized carbons (Fsp3) is 0.533. The van der Waals surface area contributed by atoms with Crippen LogP contribution in [0.15, 0.2) is 18.2 Å². The van der Waals surface area contributed by atoms with E-state index in [9.17, 15) is 9.90 Å². The molecule has 3 nitrogen and oxygen atoms in total. The summed E-state index contributed by atoms with van der Waals surface area (Å²) in [6.45, 7) is 4.11. The van der Waals surface area contributed by atoms with Gasteiger partial charge in [-0.15, -0.1) is 0 Å². The van der Waals surface area contributed by atoms with Crippen LogP contribution in [0.1, 0.15) is 48.5 Å². The van der Waals surface area contributed by atoms with Gasteiger partial charge < -0.3 is 10.4 Å². The van der Waals surface area contributed by atoms with E-state index in [1.54, 1.807) is 12.1 Å². The average molecular weight is 247 g/mol. The number of aryl methyl sites for hydroxylation is 1. The van der Waals surface area contributed by atoms with Gasteiger partial charge in [0, 0.05) is 6.04 Å². The van der Waals surface area contributed by atoms with Crippen molar-refractivity contribution in [3.63, 3.8) is 0 Å². The van der Waals surface area contributed by atoms with Crippen LogP contribution >= 0.6 is 0 Å². The molecule has 1 aliphatic carbocycles. The van der Waals surface area contributed by atoms with Gasteiger partial charge in [-0.3, -0.25) is 0 Å². The first-order chi connectivity index (χ1) is 8.61. The molecule has 0 aliphatic heterocycles. The molecule has 1 fully saturated rings. The molecule has 1 atom stereocenters. The second kappa shape index (κ2) is 5.42. The zero-order valence-electron chi connectivity index (χ0n) is 11.1. The summed E-state index contributed by atoms with van der Waals surface area (Å²) in [5.41, 5.74) is 2.17. The van der Waals surface area contributed by atoms with Crippen molar-refractivity contribution in [2.75, 3.05) is 5.32 Å². The summed E-state index contributed by atoms with van der Waals surface area (Å²) < 4.78 is 0. The summed E-state index contributed by atoms with van der Waals surface area (Å²) in [5.74, 6) is -0.0118. The Labute approximate surface area is 108 Å². The van der Waals surface area contributed by atoms with Crippen LogP contribution in [0.2, 0.25) is 0 Å². The van der Waals surface area contributed by atoms with Gasteiger partial charge in [-0.2, -0.15) is 0 Å². The third-order valence-corrected chi connectivity index (χ3v) is 3.66. The smallest absolute Gasteiger partial charge is 0.337 e. The molecule has 0 radical (unpaired) electrons. The van der Waals surface area contributed by atoms with E-state index < -0.39 is 5.97 Å². The van der Waals surface area contributed by atoms with E-state index in [-0.39, 0.29) is 0 Å². The van der Waals surface area contributed by atoms with Gasteiger partial charge in [0.1, 0.15) is 0 Å². The minimum atomic E-state index is -0.859. The Morgan fingerprint density at radius 2 is 2.22 bits per heavy atom. The Kier molecular flexibility index (Phi) is 3.90. The van der Waals surface area contributed by atoms with Crippen LogP contribution < -0.4 is 5.32 Å². The van der Waals surface area contributed by atoms with E-state index in [2.05, 4.69) is 12.2 Å². The van der Waals surface area contributed by atoms with Gasteiger partial charge in [-0.25, -0.2) is 4.79 Å². The second-order valence-corrected chi connectivity index (χ2v) is 5.23. The van der Waals surface area contributed by atoms with E-state index in [1.807, 2.05) is 13.0 Å². The normalized spacial score (nSPS) is 16.3. The molecule has 1 aromatic rings. The number of nitrogens with one attached hydrogen (secondary N) is 1. The summed E-state index contributed by atoms with van der Waals surface area (Å²) >= 11 is 0. The highest BCUT2D eigenvalue weighted by atomic mass is 16.4. The number of hydrogen-bond donors (Lipinski definition) is 2. The number of hydrogen-bond acceptors (Lipinski definition) is 2. The maximum absolute atomic E-state index is 11.2. The van der Waals surface area contributed by atoms with Gasteiger partial charge in [0.2, 0.25) is 0 Å². The number of aromatic carboxylic acids is 1. The topological polar surface area (TPSA) is 49.3 Å². The Morgan fingerprint density at radius 3 is 2.78 bits per heavy atom. The van der Waals surface area contributed by atoms with Crippen molar-refractivity contribution in [1.82, 2.24) is 0 Å². The lowest BCUT2D eigenvalue weighted by Crippen LogP contribution is -2.21. The molecule has 98 valence electrons. The number of benzene rings is 1. The predicted molar refractivity (Wildman–Crippen MR) is 73.2 cm³/mol. The Morgan fingerprint density at radius 1 is 1.50 bits per heavy atom. The van der Waals surface area contributed by atoms with Crippen LogP contribution in [0.4, 0.5) is 5.69 Å². The van der Waals surface area contributed by atoms with Crippen molar-refractivity contribution >= 4 is 11.7 Å². The average Bonchev–Trinajstić information content (AvgIpc) is 3.14. The molecule has 2 rings (SSSR count). The maximum atomic E-state index is 11.2. The molecule has 1 unspecified atom stereocenters. The van der Waals surface area contributed by atoms with Crippen LogP contribution in [0.25, 0.3) is 0 Å². The van der Waals surface area contributed by atoms with E-state index in [1.165, 1.54) is 12.8 Å². The molecule has 0 saturated heterocycles. The largest absolute Gasteiger partial charge is 0.478 e. The quantitative estimate of drug-likeness (QED) is 0.806. The van der Waals surface area contributed by atoms with E-state index in [4.69, 9.17) is 0 Å². The number of rotatable bonds is 6. The number of carboxylic acid groups (broad SMARTS) is 1. The highest BCUT2D eigenvalue weighted by Gasteiger charge is 2.25. The summed E-state index contributed by atoms with van der Waals surface area (Å²) in [5, 5.41) is 12.7. The number of carbonyl (C=O) groups is 1. The molecule has 1 aliphatic rings. The van der Waals surface area contributed by atoms with Crippen molar-refractivity contribution in [2.45, 2.75) is 45.6 Å². The SMILES string of the molecule is CCC(CC1CC1)Nc1c(C)cccc1C(=O)O. The van der Waals surface area contributed by atoms with Crippen molar-refractivity contribution in [1.29, 1.82) is 0 Å². The molecule has 0 bridgehead atoms. The van der Waals surface area contributed by atoms with Gasteiger partial charge in [0.15, 0.2) is 0 Å². The Hall–Kier alpha value is -1.51. The fourth-order valence-corrected chi connectivity index (χ4v) is 2.33. The zero-order chi connectivity index (χ0) is 13.1. The molecule has 1 aromatic carbocycles. The van der Waals surface area contributed by atoms with Crippen LogP contribution in [0, 0.1) is 12.8 Å². The highest BCUT2D eigenvalue weighted by Crippen LogP contribution is 2.35. The molecule has 3 heteroatoms. The standard InChI is InChI=1S/C15H21NO2/c1-3-12(9-11-7-8-11)16-14-10(2)5-4-6-13(14)15(17)18/h4-6,11-12,16H,3,7-9H2,1-2H3,(H,17,18). The van der Waals surface area contributed by atoms with E-state index in [0.717, 1.165) is 30.0 Å².